The second-order valence-corrected chi connectivity index (χ2v) is 7.52. The molecule has 2 nitrogen and oxygen atoms in total. The Labute approximate surface area is 151 Å². The van der Waals surface area contributed by atoms with E-state index in [1.807, 2.05) is 12.1 Å². The molecule has 1 aliphatic carbocycles. The van der Waals surface area contributed by atoms with E-state index < -0.39 is 5.60 Å². The minimum absolute atomic E-state index is 0.256. The molecule has 3 rings (SSSR count). The van der Waals surface area contributed by atoms with Gasteiger partial charge in [-0.2, -0.15) is 0 Å². The molecule has 0 spiro atoms. The van der Waals surface area contributed by atoms with E-state index in [4.69, 9.17) is 0 Å². The van der Waals surface area contributed by atoms with Crippen molar-refractivity contribution in [3.8, 4) is 0 Å². The van der Waals surface area contributed by atoms with Crippen LogP contribution in [0.5, 0.6) is 0 Å². The summed E-state index contributed by atoms with van der Waals surface area (Å²) in [5, 5.41) is 11.9. The summed E-state index contributed by atoms with van der Waals surface area (Å²) in [5.41, 5.74) is 2.78. The van der Waals surface area contributed by atoms with Crippen LogP contribution in [-0.4, -0.2) is 36.2 Å². The van der Waals surface area contributed by atoms with Crippen molar-refractivity contribution in [2.24, 2.45) is 5.92 Å². The Morgan fingerprint density at radius 2 is 1.68 bits per heavy atom. The van der Waals surface area contributed by atoms with Crippen LogP contribution in [0.2, 0.25) is 0 Å². The van der Waals surface area contributed by atoms with Crippen LogP contribution in [0.25, 0.3) is 6.08 Å². The summed E-state index contributed by atoms with van der Waals surface area (Å²) < 4.78 is 0. The van der Waals surface area contributed by atoms with Crippen LogP contribution < -0.4 is 0 Å². The smallest absolute Gasteiger partial charge is 0.0940 e. The highest BCUT2D eigenvalue weighted by Crippen LogP contribution is 2.41. The van der Waals surface area contributed by atoms with Gasteiger partial charge in [-0.25, -0.2) is 0 Å². The van der Waals surface area contributed by atoms with Crippen LogP contribution in [0.1, 0.15) is 30.4 Å². The topological polar surface area (TPSA) is 23.5 Å². The van der Waals surface area contributed by atoms with Crippen molar-refractivity contribution in [2.75, 3.05) is 20.6 Å². The van der Waals surface area contributed by atoms with Gasteiger partial charge in [0.25, 0.3) is 0 Å². The summed E-state index contributed by atoms with van der Waals surface area (Å²) in [6.45, 7) is 0.912. The van der Waals surface area contributed by atoms with Gasteiger partial charge in [0.2, 0.25) is 0 Å². The zero-order valence-electron chi connectivity index (χ0n) is 15.4. The molecular formula is C23H29NO. The zero-order valence-corrected chi connectivity index (χ0v) is 15.4. The second kappa shape index (κ2) is 7.99. The van der Waals surface area contributed by atoms with E-state index in [1.54, 1.807) is 0 Å². The first-order chi connectivity index (χ1) is 12.1. The maximum absolute atomic E-state index is 11.9. The molecule has 0 aromatic heterocycles. The first kappa shape index (κ1) is 17.9. The Morgan fingerprint density at radius 3 is 2.32 bits per heavy atom. The third-order valence-electron chi connectivity index (χ3n) is 5.27. The summed E-state index contributed by atoms with van der Waals surface area (Å²) in [6.07, 6.45) is 6.10. The number of benzene rings is 2. The molecule has 1 fully saturated rings. The third kappa shape index (κ3) is 4.39. The normalized spacial score (nSPS) is 25.4. The van der Waals surface area contributed by atoms with Crippen molar-refractivity contribution in [1.29, 1.82) is 0 Å². The van der Waals surface area contributed by atoms with Crippen LogP contribution >= 0.6 is 0 Å². The van der Waals surface area contributed by atoms with E-state index in [1.165, 1.54) is 16.7 Å². The van der Waals surface area contributed by atoms with E-state index in [0.717, 1.165) is 25.8 Å². The number of aliphatic hydroxyl groups is 1. The van der Waals surface area contributed by atoms with E-state index >= 15 is 0 Å². The predicted molar refractivity (Wildman–Crippen MR) is 105 cm³/mol. The van der Waals surface area contributed by atoms with Crippen molar-refractivity contribution < 1.29 is 5.11 Å². The maximum Gasteiger partial charge on any atom is 0.0940 e. The molecule has 0 saturated heterocycles. The lowest BCUT2D eigenvalue weighted by atomic mass is 9.68. The molecule has 132 valence electrons. The first-order valence-corrected chi connectivity index (χ1v) is 9.25. The van der Waals surface area contributed by atoms with Crippen LogP contribution in [-0.2, 0) is 6.42 Å². The molecule has 0 aliphatic heterocycles. The monoisotopic (exact) mass is 335 g/mol. The minimum Gasteiger partial charge on any atom is -0.385 e. The zero-order chi connectivity index (χ0) is 17.7. The molecule has 2 unspecified atom stereocenters. The lowest BCUT2D eigenvalue weighted by molar-refractivity contribution is -0.0123. The first-order valence-electron chi connectivity index (χ1n) is 9.25. The third-order valence-corrected chi connectivity index (χ3v) is 5.27. The quantitative estimate of drug-likeness (QED) is 0.875. The Morgan fingerprint density at radius 1 is 1.04 bits per heavy atom. The molecule has 0 radical (unpaired) electrons. The van der Waals surface area contributed by atoms with Crippen LogP contribution in [0.3, 0.4) is 0 Å². The Kier molecular flexibility index (Phi) is 5.72. The molecule has 2 aromatic rings. The molecule has 1 N–H and O–H groups in total. The Bertz CT molecular complexity index is 693. The van der Waals surface area contributed by atoms with Gasteiger partial charge < -0.3 is 10.0 Å². The largest absolute Gasteiger partial charge is 0.385 e. The molecule has 2 heteroatoms. The summed E-state index contributed by atoms with van der Waals surface area (Å²) in [4.78, 5) is 2.20. The molecule has 2 atom stereocenters. The summed E-state index contributed by atoms with van der Waals surface area (Å²) in [5.74, 6) is 0.256. The van der Waals surface area contributed by atoms with Crippen molar-refractivity contribution in [2.45, 2.75) is 31.3 Å². The number of rotatable bonds is 5. The maximum atomic E-state index is 11.9. The SMILES string of the molecule is CN(C)CC1CCC/C(=C\c2ccccc2)C1(O)Cc1ccccc1. The molecule has 25 heavy (non-hydrogen) atoms. The van der Waals surface area contributed by atoms with Crippen molar-refractivity contribution in [1.82, 2.24) is 4.90 Å². The minimum atomic E-state index is -0.778. The van der Waals surface area contributed by atoms with E-state index in [9.17, 15) is 5.11 Å². The average molecular weight is 335 g/mol. The lowest BCUT2D eigenvalue weighted by Gasteiger charge is -2.43. The van der Waals surface area contributed by atoms with E-state index in [0.29, 0.717) is 6.42 Å². The highest BCUT2D eigenvalue weighted by atomic mass is 16.3. The fourth-order valence-corrected chi connectivity index (χ4v) is 4.05. The van der Waals surface area contributed by atoms with Crippen molar-refractivity contribution >= 4 is 6.08 Å². The van der Waals surface area contributed by atoms with Gasteiger partial charge in [0, 0.05) is 18.9 Å². The molecule has 1 saturated carbocycles. The second-order valence-electron chi connectivity index (χ2n) is 7.52. The lowest BCUT2D eigenvalue weighted by Crippen LogP contribution is -2.48. The van der Waals surface area contributed by atoms with Gasteiger partial charge in [0.05, 0.1) is 5.60 Å². The average Bonchev–Trinajstić information content (AvgIpc) is 2.60. The summed E-state index contributed by atoms with van der Waals surface area (Å²) in [7, 11) is 4.19. The van der Waals surface area contributed by atoms with Crippen molar-refractivity contribution in [3.05, 3.63) is 77.4 Å². The Hall–Kier alpha value is -1.90. The molecule has 1 aliphatic rings. The highest BCUT2D eigenvalue weighted by Gasteiger charge is 2.42. The molecule has 0 heterocycles. The molecule has 0 amide bonds. The fourth-order valence-electron chi connectivity index (χ4n) is 4.05. The summed E-state index contributed by atoms with van der Waals surface area (Å²) in [6, 6.07) is 20.8. The van der Waals surface area contributed by atoms with Gasteiger partial charge in [-0.3, -0.25) is 0 Å². The van der Waals surface area contributed by atoms with Crippen LogP contribution in [0.15, 0.2) is 66.2 Å². The van der Waals surface area contributed by atoms with Crippen LogP contribution in [0, 0.1) is 5.92 Å². The van der Waals surface area contributed by atoms with Gasteiger partial charge in [0.15, 0.2) is 0 Å². The van der Waals surface area contributed by atoms with Gasteiger partial charge in [0.1, 0.15) is 0 Å². The number of nitrogens with zero attached hydrogens (tertiary/aromatic N) is 1. The molecule has 2 aromatic carbocycles. The van der Waals surface area contributed by atoms with Gasteiger partial charge >= 0.3 is 0 Å². The van der Waals surface area contributed by atoms with Gasteiger partial charge in [-0.1, -0.05) is 66.7 Å². The predicted octanol–water partition coefficient (Wildman–Crippen LogP) is 4.41. The standard InChI is InChI=1S/C23H29NO/c1-24(2)18-22-15-9-14-21(16-19-10-5-3-6-11-19)23(22,25)17-20-12-7-4-8-13-20/h3-8,10-13,16,22,25H,9,14-15,17-18H2,1-2H3/b21-16+. The summed E-state index contributed by atoms with van der Waals surface area (Å²) >= 11 is 0. The van der Waals surface area contributed by atoms with Crippen LogP contribution in [0.4, 0.5) is 0 Å². The van der Waals surface area contributed by atoms with E-state index in [-0.39, 0.29) is 5.92 Å². The molecular weight excluding hydrogens is 306 g/mol. The number of hydrogen-bond acceptors (Lipinski definition) is 2. The molecule has 0 bridgehead atoms. The number of hydrogen-bond donors (Lipinski definition) is 1. The highest BCUT2D eigenvalue weighted by molar-refractivity contribution is 5.56. The fraction of sp³-hybridized carbons (Fsp3) is 0.391. The van der Waals surface area contributed by atoms with E-state index in [2.05, 4.69) is 73.6 Å². The van der Waals surface area contributed by atoms with Gasteiger partial charge in [-0.05, 0) is 50.1 Å². The van der Waals surface area contributed by atoms with Crippen molar-refractivity contribution in [3.63, 3.8) is 0 Å². The Balaban J connectivity index is 1.97. The van der Waals surface area contributed by atoms with Gasteiger partial charge in [-0.15, -0.1) is 0 Å².